The molecule has 0 saturated heterocycles. The lowest BCUT2D eigenvalue weighted by atomic mass is 9.53. The minimum atomic E-state index is -4.04. The maximum Gasteiger partial charge on any atom is 0.380 e. The number of aryl methyl sites for hydroxylation is 1. The van der Waals surface area contributed by atoms with Gasteiger partial charge in [-0.15, -0.1) is 0 Å². The van der Waals surface area contributed by atoms with Crippen LogP contribution in [-0.4, -0.2) is 19.1 Å². The van der Waals surface area contributed by atoms with Gasteiger partial charge in [-0.1, -0.05) is 55.5 Å². The van der Waals surface area contributed by atoms with Crippen LogP contribution in [0.2, 0.25) is 0 Å². The Labute approximate surface area is 231 Å². The van der Waals surface area contributed by atoms with Gasteiger partial charge in [-0.2, -0.15) is 13.6 Å². The SMILES string of the molecule is C[C@]12CC[C@@H]3c4ccc(OS(N)(=O)=O)cc4CC[C@H]3[C@@H]1CC[C@@]2(O)Cc1ccc(OCc2ccccc2)cc1. The molecule has 3 aliphatic rings. The van der Waals surface area contributed by atoms with Gasteiger partial charge in [0.15, 0.2) is 0 Å². The minimum Gasteiger partial charge on any atom is -0.489 e. The number of aliphatic hydroxyl groups is 1. The molecule has 2 fully saturated rings. The fraction of sp³-hybridized carbons (Fsp3) is 0.438. The van der Waals surface area contributed by atoms with Crippen molar-refractivity contribution in [1.82, 2.24) is 0 Å². The maximum atomic E-state index is 12.1. The van der Waals surface area contributed by atoms with E-state index in [0.29, 0.717) is 30.8 Å². The van der Waals surface area contributed by atoms with Crippen LogP contribution in [0.15, 0.2) is 72.8 Å². The Morgan fingerprint density at radius 3 is 2.41 bits per heavy atom. The second-order valence-corrected chi connectivity index (χ2v) is 13.1. The zero-order chi connectivity index (χ0) is 27.3. The highest BCUT2D eigenvalue weighted by atomic mass is 32.2. The van der Waals surface area contributed by atoms with E-state index < -0.39 is 15.9 Å². The van der Waals surface area contributed by atoms with Crippen LogP contribution in [0.5, 0.6) is 11.5 Å². The molecule has 39 heavy (non-hydrogen) atoms. The van der Waals surface area contributed by atoms with Gasteiger partial charge in [0, 0.05) is 6.42 Å². The van der Waals surface area contributed by atoms with Gasteiger partial charge in [-0.3, -0.25) is 0 Å². The summed E-state index contributed by atoms with van der Waals surface area (Å²) in [6.45, 7) is 2.85. The molecule has 6 rings (SSSR count). The first-order chi connectivity index (χ1) is 18.6. The third kappa shape index (κ3) is 5.08. The molecule has 0 bridgehead atoms. The molecule has 6 nitrogen and oxygen atoms in total. The van der Waals surface area contributed by atoms with E-state index in [1.165, 1.54) is 5.56 Å². The molecule has 7 heteroatoms. The van der Waals surface area contributed by atoms with Crippen LogP contribution in [0.3, 0.4) is 0 Å². The summed E-state index contributed by atoms with van der Waals surface area (Å²) in [5, 5.41) is 17.2. The Morgan fingerprint density at radius 2 is 1.67 bits per heavy atom. The molecule has 5 atom stereocenters. The standard InChI is InChI=1S/C32H37NO5S/c1-31-17-15-28-27-14-12-26(38-39(33,35)36)19-24(27)9-13-29(28)30(31)16-18-32(31,34)20-22-7-10-25(11-8-22)37-21-23-5-3-2-4-6-23/h2-8,10-12,14,19,28-30,34H,9,13,15-18,20-21H2,1H3,(H2,33,35,36)/t28-,29-,30+,31+,32-/m1/s1. The fourth-order valence-corrected chi connectivity index (χ4v) is 8.30. The van der Waals surface area contributed by atoms with Gasteiger partial charge in [-0.05, 0) is 108 Å². The summed E-state index contributed by atoms with van der Waals surface area (Å²) in [4.78, 5) is 0. The molecule has 206 valence electrons. The van der Waals surface area contributed by atoms with Crippen molar-refractivity contribution in [3.63, 3.8) is 0 Å². The molecular formula is C32H37NO5S. The molecule has 0 radical (unpaired) electrons. The van der Waals surface area contributed by atoms with E-state index in [1.54, 1.807) is 6.07 Å². The van der Waals surface area contributed by atoms with Crippen LogP contribution >= 0.6 is 0 Å². The number of fused-ring (bicyclic) bond motifs is 5. The lowest BCUT2D eigenvalue weighted by Gasteiger charge is -2.53. The molecule has 0 heterocycles. The summed E-state index contributed by atoms with van der Waals surface area (Å²) in [5.74, 6) is 2.53. The number of ether oxygens (including phenoxy) is 1. The second kappa shape index (κ2) is 9.95. The number of nitrogens with two attached hydrogens (primary N) is 1. The number of hydrogen-bond acceptors (Lipinski definition) is 5. The molecule has 3 aliphatic carbocycles. The average Bonchev–Trinajstić information content (AvgIpc) is 3.17. The molecule has 2 saturated carbocycles. The van der Waals surface area contributed by atoms with Crippen LogP contribution in [0.1, 0.15) is 67.2 Å². The fourth-order valence-electron chi connectivity index (χ4n) is 7.93. The highest BCUT2D eigenvalue weighted by Crippen LogP contribution is 2.65. The van der Waals surface area contributed by atoms with Crippen LogP contribution in [-0.2, 0) is 29.8 Å². The van der Waals surface area contributed by atoms with Gasteiger partial charge in [0.05, 0.1) is 5.60 Å². The van der Waals surface area contributed by atoms with Gasteiger partial charge in [-0.25, -0.2) is 0 Å². The molecule has 3 aromatic rings. The summed E-state index contributed by atoms with van der Waals surface area (Å²) >= 11 is 0. The van der Waals surface area contributed by atoms with Gasteiger partial charge in [0.25, 0.3) is 0 Å². The van der Waals surface area contributed by atoms with Gasteiger partial charge in [0.2, 0.25) is 0 Å². The average molecular weight is 548 g/mol. The number of benzene rings is 3. The van der Waals surface area contributed by atoms with E-state index in [1.807, 2.05) is 42.5 Å². The van der Waals surface area contributed by atoms with Gasteiger partial charge >= 0.3 is 10.3 Å². The predicted octanol–water partition coefficient (Wildman–Crippen LogP) is 5.68. The molecule has 0 amide bonds. The van der Waals surface area contributed by atoms with E-state index in [4.69, 9.17) is 14.1 Å². The summed E-state index contributed by atoms with van der Waals surface area (Å²) in [7, 11) is -4.04. The number of rotatable bonds is 7. The van der Waals surface area contributed by atoms with Crippen molar-refractivity contribution in [1.29, 1.82) is 0 Å². The van der Waals surface area contributed by atoms with Crippen molar-refractivity contribution in [2.24, 2.45) is 22.4 Å². The van der Waals surface area contributed by atoms with Crippen LogP contribution in [0.4, 0.5) is 0 Å². The van der Waals surface area contributed by atoms with E-state index >= 15 is 0 Å². The lowest BCUT2D eigenvalue weighted by Crippen LogP contribution is -2.51. The first kappa shape index (κ1) is 26.4. The maximum absolute atomic E-state index is 12.1. The third-order valence-electron chi connectivity index (χ3n) is 9.90. The highest BCUT2D eigenvalue weighted by molar-refractivity contribution is 7.84. The smallest absolute Gasteiger partial charge is 0.380 e. The second-order valence-electron chi connectivity index (χ2n) is 12.0. The Hall–Kier alpha value is -2.87. The molecule has 0 aromatic heterocycles. The summed E-state index contributed by atoms with van der Waals surface area (Å²) in [6.07, 6.45) is 6.43. The van der Waals surface area contributed by atoms with Crippen molar-refractivity contribution in [3.8, 4) is 11.5 Å². The van der Waals surface area contributed by atoms with Gasteiger partial charge in [0.1, 0.15) is 18.1 Å². The Bertz CT molecular complexity index is 1440. The zero-order valence-corrected chi connectivity index (χ0v) is 23.2. The zero-order valence-electron chi connectivity index (χ0n) is 22.4. The largest absolute Gasteiger partial charge is 0.489 e. The molecule has 0 unspecified atom stereocenters. The van der Waals surface area contributed by atoms with Crippen molar-refractivity contribution in [3.05, 3.63) is 95.1 Å². The number of hydrogen-bond donors (Lipinski definition) is 2. The Kier molecular flexibility index (Phi) is 6.72. The molecular weight excluding hydrogens is 510 g/mol. The van der Waals surface area contributed by atoms with Crippen molar-refractivity contribution in [2.75, 3.05) is 0 Å². The van der Waals surface area contributed by atoms with Crippen LogP contribution < -0.4 is 14.1 Å². The van der Waals surface area contributed by atoms with Crippen LogP contribution in [0, 0.1) is 17.3 Å². The quantitative estimate of drug-likeness (QED) is 0.397. The third-order valence-corrected chi connectivity index (χ3v) is 10.3. The normalized spacial score (nSPS) is 29.7. The van der Waals surface area contributed by atoms with Crippen molar-refractivity contribution >= 4 is 10.3 Å². The Balaban J connectivity index is 1.15. The van der Waals surface area contributed by atoms with E-state index in [-0.39, 0.29) is 11.2 Å². The van der Waals surface area contributed by atoms with E-state index in [9.17, 15) is 13.5 Å². The molecule has 0 spiro atoms. The topological polar surface area (TPSA) is 98.9 Å². The Morgan fingerprint density at radius 1 is 0.923 bits per heavy atom. The van der Waals surface area contributed by atoms with Gasteiger partial charge < -0.3 is 14.0 Å². The first-order valence-electron chi connectivity index (χ1n) is 14.0. The first-order valence-corrected chi connectivity index (χ1v) is 15.4. The lowest BCUT2D eigenvalue weighted by molar-refractivity contribution is -0.102. The van der Waals surface area contributed by atoms with Crippen molar-refractivity contribution in [2.45, 2.75) is 70.0 Å². The minimum absolute atomic E-state index is 0.134. The van der Waals surface area contributed by atoms with E-state index in [2.05, 4.69) is 31.2 Å². The highest BCUT2D eigenvalue weighted by Gasteiger charge is 2.61. The molecule has 3 N–H and O–H groups in total. The van der Waals surface area contributed by atoms with Crippen molar-refractivity contribution < 1.29 is 22.4 Å². The predicted molar refractivity (Wildman–Crippen MR) is 151 cm³/mol. The van der Waals surface area contributed by atoms with E-state index in [0.717, 1.165) is 61.0 Å². The summed E-state index contributed by atoms with van der Waals surface area (Å²) < 4.78 is 33.6. The molecule has 3 aromatic carbocycles. The summed E-state index contributed by atoms with van der Waals surface area (Å²) in [6, 6.07) is 23.9. The monoisotopic (exact) mass is 547 g/mol. The van der Waals surface area contributed by atoms with Crippen LogP contribution in [0.25, 0.3) is 0 Å². The molecule has 0 aliphatic heterocycles. The summed E-state index contributed by atoms with van der Waals surface area (Å²) in [5.41, 5.74) is 3.87.